The zero-order valence-corrected chi connectivity index (χ0v) is 21.9. The van der Waals surface area contributed by atoms with Gasteiger partial charge in [0.25, 0.3) is 0 Å². The molecule has 9 nitrogen and oxygen atoms in total. The molecule has 172 valence electrons. The third-order valence-corrected chi connectivity index (χ3v) is 5.56. The third-order valence-electron chi connectivity index (χ3n) is 5.56. The van der Waals surface area contributed by atoms with E-state index in [-0.39, 0.29) is 60.6 Å². The zero-order valence-electron chi connectivity index (χ0n) is 19.9. The Hall–Kier alpha value is -2.36. The molecule has 0 radical (unpaired) electrons. The third kappa shape index (κ3) is 9.57. The Balaban J connectivity index is 0.00000544. The maximum atomic E-state index is 11.9. The van der Waals surface area contributed by atoms with Gasteiger partial charge in [0, 0.05) is 13.6 Å². The van der Waals surface area contributed by atoms with Crippen LogP contribution < -0.4 is 29.6 Å². The number of hydrogen-bond acceptors (Lipinski definition) is 6. The molecule has 0 spiro atoms. The van der Waals surface area contributed by atoms with Crippen LogP contribution in [-0.4, -0.2) is 53.8 Å². The molecule has 0 unspecified atom stereocenters. The molecule has 2 atom stereocenters. The van der Waals surface area contributed by atoms with Crippen LogP contribution >= 0.6 is 0 Å². The predicted octanol–water partition coefficient (Wildman–Crippen LogP) is 1.45. The van der Waals surface area contributed by atoms with Crippen molar-refractivity contribution in [1.82, 2.24) is 15.0 Å². The van der Waals surface area contributed by atoms with Crippen molar-refractivity contribution in [2.45, 2.75) is 38.8 Å². The summed E-state index contributed by atoms with van der Waals surface area (Å²) in [6.45, 7) is 4.85. The Labute approximate surface area is 217 Å². The Bertz CT molecular complexity index is 827. The van der Waals surface area contributed by atoms with Gasteiger partial charge < -0.3 is 0 Å². The molecular weight excluding hydrogens is 431 g/mol. The monoisotopic (exact) mass is 463 g/mol. The van der Waals surface area contributed by atoms with Gasteiger partial charge in [-0.2, -0.15) is 0 Å². The van der Waals surface area contributed by atoms with E-state index in [2.05, 4.69) is 15.9 Å². The normalized spacial score (nSPS) is 12.2. The van der Waals surface area contributed by atoms with Crippen molar-refractivity contribution in [2.75, 3.05) is 26.7 Å². The van der Waals surface area contributed by atoms with E-state index in [1.807, 2.05) is 74.5 Å². The average Bonchev–Trinajstić information content (AvgIpc) is 2.82. The van der Waals surface area contributed by atoms with Crippen LogP contribution in [0.2, 0.25) is 0 Å². The van der Waals surface area contributed by atoms with Gasteiger partial charge in [-0.15, -0.1) is 14.7 Å². The van der Waals surface area contributed by atoms with Gasteiger partial charge in [0.2, 0.25) is 0 Å². The van der Waals surface area contributed by atoms with Crippen molar-refractivity contribution < 1.29 is 29.6 Å². The average molecular weight is 464 g/mol. The fraction of sp³-hybridized carbons (Fsp3) is 0.478. The van der Waals surface area contributed by atoms with Gasteiger partial charge in [-0.25, -0.2) is 0 Å². The first-order valence-electron chi connectivity index (χ1n) is 10.8. The first kappa shape index (κ1) is 28.7. The van der Waals surface area contributed by atoms with E-state index in [0.717, 1.165) is 11.1 Å². The zero-order chi connectivity index (χ0) is 23.3. The van der Waals surface area contributed by atoms with E-state index >= 15 is 0 Å². The van der Waals surface area contributed by atoms with Crippen molar-refractivity contribution in [3.8, 4) is 0 Å². The van der Waals surface area contributed by atoms with Crippen LogP contribution in [-0.2, 0) is 12.8 Å². The van der Waals surface area contributed by atoms with Crippen LogP contribution in [0.5, 0.6) is 0 Å². The van der Waals surface area contributed by atoms with Crippen molar-refractivity contribution in [1.29, 1.82) is 0 Å². The first-order chi connectivity index (χ1) is 15.5. The Morgan fingerprint density at radius 2 is 1.30 bits per heavy atom. The number of nitroso groups, excluding NO2 is 3. The minimum absolute atomic E-state index is 0. The summed E-state index contributed by atoms with van der Waals surface area (Å²) in [4.78, 5) is 34.6. The number of likely N-dealkylation sites (N-methyl/N-ethyl adjacent to an activating group) is 1. The summed E-state index contributed by atoms with van der Waals surface area (Å²) in [5.41, 5.74) is 2.12. The maximum absolute atomic E-state index is 11.9. The fourth-order valence-corrected chi connectivity index (χ4v) is 3.73. The van der Waals surface area contributed by atoms with Crippen molar-refractivity contribution in [3.05, 3.63) is 86.5 Å². The van der Waals surface area contributed by atoms with Crippen molar-refractivity contribution >= 4 is 0 Å². The summed E-state index contributed by atoms with van der Waals surface area (Å²) in [5.74, 6) is 0.0482. The molecule has 0 aliphatic carbocycles. The van der Waals surface area contributed by atoms with Gasteiger partial charge in [0.05, 0.1) is 41.0 Å². The van der Waals surface area contributed by atoms with Gasteiger partial charge in [-0.05, 0) is 29.9 Å². The van der Waals surface area contributed by atoms with Gasteiger partial charge >= 0.3 is 29.6 Å². The van der Waals surface area contributed by atoms with E-state index in [4.69, 9.17) is 0 Å². The second-order valence-electron chi connectivity index (χ2n) is 8.26. The van der Waals surface area contributed by atoms with Crippen molar-refractivity contribution in [2.24, 2.45) is 21.8 Å². The molecule has 0 aliphatic heterocycles. The molecule has 0 fully saturated rings. The van der Waals surface area contributed by atoms with Crippen molar-refractivity contribution in [3.63, 3.8) is 0 Å². The molecule has 0 aromatic heterocycles. The van der Waals surface area contributed by atoms with Crippen LogP contribution in [0.4, 0.5) is 0 Å². The van der Waals surface area contributed by atoms with Gasteiger partial charge in [-0.3, -0.25) is 15.0 Å². The number of rotatable bonds is 15. The number of benzene rings is 2. The summed E-state index contributed by atoms with van der Waals surface area (Å²) in [6, 6.07) is 18.8. The number of nitrogens with zero attached hydrogens (tertiary/aromatic N) is 6. The van der Waals surface area contributed by atoms with Crippen LogP contribution in [0, 0.1) is 20.6 Å². The molecule has 0 heterocycles. The largest absolute Gasteiger partial charge is 1.00 e. The van der Waals surface area contributed by atoms with Crippen LogP contribution in [0.15, 0.2) is 76.5 Å². The predicted molar refractivity (Wildman–Crippen MR) is 126 cm³/mol. The second kappa shape index (κ2) is 15.5. The van der Waals surface area contributed by atoms with E-state index in [9.17, 15) is 14.7 Å². The molecule has 2 rings (SSSR count). The van der Waals surface area contributed by atoms with Crippen LogP contribution in [0.25, 0.3) is 0 Å². The molecule has 0 amide bonds. The summed E-state index contributed by atoms with van der Waals surface area (Å²) >= 11 is 0. The molecule has 0 bridgehead atoms. The van der Waals surface area contributed by atoms with E-state index in [1.165, 1.54) is 15.0 Å². The maximum Gasteiger partial charge on any atom is 1.00 e. The summed E-state index contributed by atoms with van der Waals surface area (Å²) in [6.07, 6.45) is 1.17. The summed E-state index contributed by atoms with van der Waals surface area (Å²) in [7, 11) is 1.56. The standard InChI is InChI=1S/C23H32N6O3.Na/c1-19(2)23(28(25-31)15-14-20-10-6-4-7-11-20)18-29(26-32)22(17-27(3)24-30)16-21-12-8-5-9-13-21;/h4-13,19,22-23H,14-18H2,1-3H3;/q;+1/t22-,23-;/m0./s1. The smallest absolute Gasteiger partial charge is 0.262 e. The van der Waals surface area contributed by atoms with Crippen LogP contribution in [0.3, 0.4) is 0 Å². The molecule has 0 aliphatic rings. The van der Waals surface area contributed by atoms with Gasteiger partial charge in [-0.1, -0.05) is 74.5 Å². The molecule has 2 aromatic carbocycles. The minimum atomic E-state index is -0.388. The van der Waals surface area contributed by atoms with E-state index in [1.54, 1.807) is 7.05 Å². The molecule has 10 heteroatoms. The minimum Gasteiger partial charge on any atom is -0.262 e. The second-order valence-corrected chi connectivity index (χ2v) is 8.26. The Morgan fingerprint density at radius 3 is 1.79 bits per heavy atom. The van der Waals surface area contributed by atoms with Gasteiger partial charge in [0.15, 0.2) is 0 Å². The molecule has 2 aromatic rings. The van der Waals surface area contributed by atoms with Crippen LogP contribution in [0.1, 0.15) is 25.0 Å². The fourth-order valence-electron chi connectivity index (χ4n) is 3.73. The first-order valence-corrected chi connectivity index (χ1v) is 10.8. The Morgan fingerprint density at radius 1 is 0.758 bits per heavy atom. The topological polar surface area (TPSA) is 98.0 Å². The Kier molecular flexibility index (Phi) is 13.4. The molecule has 0 N–H and O–H groups in total. The quantitative estimate of drug-likeness (QED) is 0.225. The summed E-state index contributed by atoms with van der Waals surface area (Å²) < 4.78 is 0. The molecule has 0 saturated carbocycles. The molecular formula is C23H32N6NaO3+. The molecule has 0 saturated heterocycles. The number of hydrogen-bond donors (Lipinski definition) is 0. The van der Waals surface area contributed by atoms with E-state index < -0.39 is 0 Å². The summed E-state index contributed by atoms with van der Waals surface area (Å²) in [5, 5.41) is 13.7. The van der Waals surface area contributed by atoms with E-state index in [0.29, 0.717) is 19.4 Å². The van der Waals surface area contributed by atoms with Gasteiger partial charge in [0.1, 0.15) is 0 Å². The molecule has 33 heavy (non-hydrogen) atoms. The SMILES string of the molecule is CC(C)[C@H](CN(N=O)[C@@H](Cc1ccccc1)CN(C)N=O)N(CCc1ccccc1)N=O.[Na+].